The molecule has 1 aromatic heterocycles. The van der Waals surface area contributed by atoms with Crippen LogP contribution >= 0.6 is 0 Å². The first-order chi connectivity index (χ1) is 14.5. The van der Waals surface area contributed by atoms with Crippen LogP contribution in [0.3, 0.4) is 0 Å². The molecular formula is C21H26N4O4S. The summed E-state index contributed by atoms with van der Waals surface area (Å²) in [5.41, 5.74) is 6.00. The summed E-state index contributed by atoms with van der Waals surface area (Å²) in [6.07, 6.45) is 7.55. The number of urea groups is 1. The molecule has 0 fully saturated rings. The third kappa shape index (κ3) is 3.26. The number of ether oxygens (including phenoxy) is 2. The second-order valence-corrected chi connectivity index (χ2v) is 10.1. The van der Waals surface area contributed by atoms with E-state index in [1.807, 2.05) is 0 Å². The van der Waals surface area contributed by atoms with Gasteiger partial charge in [-0.1, -0.05) is 6.07 Å². The lowest BCUT2D eigenvalue weighted by molar-refractivity contribution is 0.0165. The van der Waals surface area contributed by atoms with Gasteiger partial charge < -0.3 is 14.8 Å². The highest BCUT2D eigenvalue weighted by molar-refractivity contribution is 7.99. The lowest BCUT2D eigenvalue weighted by Gasteiger charge is -2.24. The van der Waals surface area contributed by atoms with Crippen LogP contribution < -0.4 is 14.8 Å². The number of carbonyl (C=O) groups excluding carboxylic acids is 1. The fourth-order valence-electron chi connectivity index (χ4n) is 4.73. The molecule has 3 aliphatic rings. The van der Waals surface area contributed by atoms with E-state index in [4.69, 9.17) is 9.47 Å². The molecule has 0 bridgehead atoms. The Morgan fingerprint density at radius 1 is 1.27 bits per heavy atom. The molecule has 160 valence electrons. The first-order valence-corrected chi connectivity index (χ1v) is 12.0. The van der Waals surface area contributed by atoms with Crippen molar-refractivity contribution in [3.05, 3.63) is 34.5 Å². The van der Waals surface area contributed by atoms with E-state index in [9.17, 15) is 9.00 Å². The van der Waals surface area contributed by atoms with Gasteiger partial charge in [0, 0.05) is 12.8 Å². The number of rotatable bonds is 4. The summed E-state index contributed by atoms with van der Waals surface area (Å²) in [4.78, 5) is 13.1. The average Bonchev–Trinajstić information content (AvgIpc) is 3.45. The molecule has 0 spiro atoms. The fraction of sp³-hybridized carbons (Fsp3) is 0.476. The average molecular weight is 431 g/mol. The van der Waals surface area contributed by atoms with E-state index >= 15 is 0 Å². The van der Waals surface area contributed by atoms with Crippen LogP contribution in [-0.4, -0.2) is 45.7 Å². The quantitative estimate of drug-likeness (QED) is 0.725. The molecule has 0 saturated heterocycles. The number of nitrogens with zero attached hydrogens (tertiary/aromatic N) is 2. The number of hydrogen-bond donors (Lipinski definition) is 2. The van der Waals surface area contributed by atoms with Gasteiger partial charge in [0.15, 0.2) is 0 Å². The van der Waals surface area contributed by atoms with Gasteiger partial charge in [-0.05, 0) is 66.6 Å². The van der Waals surface area contributed by atoms with Crippen LogP contribution in [-0.2, 0) is 46.7 Å². The number of hydrogen-bond acceptors (Lipinski definition) is 5. The Balaban J connectivity index is 1.38. The summed E-state index contributed by atoms with van der Waals surface area (Å²) in [6, 6.07) is 1.79. The number of aryl methyl sites for hydroxylation is 2. The lowest BCUT2D eigenvalue weighted by Crippen LogP contribution is -2.36. The van der Waals surface area contributed by atoms with Crippen LogP contribution in [0.25, 0.3) is 0 Å². The van der Waals surface area contributed by atoms with Crippen LogP contribution in [0.1, 0.15) is 35.1 Å². The SMILES string of the molecule is C=S(=O)(NC(=O)Nc1c2c(cc3c1CCC3)CCC2)c1cnn2c1OC[C@@H](OC)C2. The molecule has 0 radical (unpaired) electrons. The van der Waals surface area contributed by atoms with E-state index in [0.717, 1.165) is 44.2 Å². The van der Waals surface area contributed by atoms with E-state index in [1.165, 1.54) is 28.5 Å². The van der Waals surface area contributed by atoms with Crippen molar-refractivity contribution in [2.45, 2.75) is 56.1 Å². The third-order valence-corrected chi connectivity index (χ3v) is 7.71. The minimum absolute atomic E-state index is 0.121. The van der Waals surface area contributed by atoms with Gasteiger partial charge in [0.25, 0.3) is 0 Å². The van der Waals surface area contributed by atoms with Gasteiger partial charge in [-0.25, -0.2) is 13.7 Å². The molecule has 8 nitrogen and oxygen atoms in total. The number of methoxy groups -OCH3 is 1. The Hall–Kier alpha value is -2.52. The predicted molar refractivity (Wildman–Crippen MR) is 115 cm³/mol. The summed E-state index contributed by atoms with van der Waals surface area (Å²) in [5.74, 6) is 4.14. The number of carbonyl (C=O) groups is 1. The van der Waals surface area contributed by atoms with Crippen LogP contribution in [0.5, 0.6) is 5.88 Å². The highest BCUT2D eigenvalue weighted by Crippen LogP contribution is 2.38. The summed E-state index contributed by atoms with van der Waals surface area (Å²) in [7, 11) is -1.53. The molecule has 2 heterocycles. The van der Waals surface area contributed by atoms with Gasteiger partial charge in [0.05, 0.1) is 22.4 Å². The molecule has 0 saturated carbocycles. The van der Waals surface area contributed by atoms with E-state index < -0.39 is 15.7 Å². The highest BCUT2D eigenvalue weighted by atomic mass is 32.2. The number of aromatic nitrogens is 2. The normalized spacial score (nSPS) is 21.2. The van der Waals surface area contributed by atoms with Crippen LogP contribution in [0, 0.1) is 0 Å². The summed E-state index contributed by atoms with van der Waals surface area (Å²) in [5, 5.41) is 7.23. The van der Waals surface area contributed by atoms with E-state index in [2.05, 4.69) is 27.1 Å². The third-order valence-electron chi connectivity index (χ3n) is 6.20. The van der Waals surface area contributed by atoms with Gasteiger partial charge >= 0.3 is 6.03 Å². The zero-order valence-electron chi connectivity index (χ0n) is 17.0. The molecule has 9 heteroatoms. The predicted octanol–water partition coefficient (Wildman–Crippen LogP) is 2.08. The number of benzene rings is 1. The topological polar surface area (TPSA) is 94.5 Å². The summed E-state index contributed by atoms with van der Waals surface area (Å²) >= 11 is 0. The second kappa shape index (κ2) is 7.31. The van der Waals surface area contributed by atoms with Crippen molar-refractivity contribution in [2.24, 2.45) is 0 Å². The maximum absolute atomic E-state index is 13.3. The monoisotopic (exact) mass is 430 g/mol. The summed E-state index contributed by atoms with van der Waals surface area (Å²) < 4.78 is 28.4. The van der Waals surface area contributed by atoms with E-state index in [0.29, 0.717) is 19.0 Å². The first-order valence-electron chi connectivity index (χ1n) is 10.3. The molecule has 2 N–H and O–H groups in total. The fourth-order valence-corrected chi connectivity index (χ4v) is 5.85. The van der Waals surface area contributed by atoms with Gasteiger partial charge in [-0.3, -0.25) is 4.72 Å². The van der Waals surface area contributed by atoms with E-state index in [1.54, 1.807) is 11.8 Å². The largest absolute Gasteiger partial charge is 0.474 e. The molecule has 2 aromatic rings. The Morgan fingerprint density at radius 2 is 1.97 bits per heavy atom. The van der Waals surface area contributed by atoms with Gasteiger partial charge in [-0.2, -0.15) is 5.10 Å². The standard InChI is InChI=1S/C21H26N4O4S/c1-28-15-11-25-20(29-12-15)18(10-22-25)30(2,27)24-21(26)23-19-16-7-3-5-13(16)9-14-6-4-8-17(14)19/h9-10,15H,2-8,11-12H2,1H3,(H2,23,24,26,27)/t15-,30?/m0/s1. The van der Waals surface area contributed by atoms with E-state index in [-0.39, 0.29) is 11.0 Å². The number of nitrogens with one attached hydrogen (secondary N) is 2. The minimum Gasteiger partial charge on any atom is -0.474 e. The van der Waals surface area contributed by atoms with Crippen LogP contribution in [0.4, 0.5) is 10.5 Å². The van der Waals surface area contributed by atoms with Gasteiger partial charge in [0.1, 0.15) is 17.6 Å². The van der Waals surface area contributed by atoms with Crippen molar-refractivity contribution in [3.63, 3.8) is 0 Å². The van der Waals surface area contributed by atoms with Gasteiger partial charge in [0.2, 0.25) is 5.88 Å². The lowest BCUT2D eigenvalue weighted by atomic mass is 9.99. The van der Waals surface area contributed by atoms with Crippen molar-refractivity contribution in [1.82, 2.24) is 14.5 Å². The molecule has 2 amide bonds. The van der Waals surface area contributed by atoms with Crippen molar-refractivity contribution < 1.29 is 18.5 Å². The molecule has 5 rings (SSSR count). The molecule has 1 unspecified atom stereocenters. The number of fused-ring (bicyclic) bond motifs is 3. The number of amides is 2. The molecule has 2 atom stereocenters. The van der Waals surface area contributed by atoms with Crippen molar-refractivity contribution in [1.29, 1.82) is 0 Å². The molecule has 1 aliphatic heterocycles. The van der Waals surface area contributed by atoms with Crippen molar-refractivity contribution in [2.75, 3.05) is 19.0 Å². The molecule has 30 heavy (non-hydrogen) atoms. The van der Waals surface area contributed by atoms with Crippen LogP contribution in [0.15, 0.2) is 17.2 Å². The molecular weight excluding hydrogens is 404 g/mol. The zero-order chi connectivity index (χ0) is 20.9. The Bertz CT molecular complexity index is 1090. The maximum Gasteiger partial charge on any atom is 0.330 e. The highest BCUT2D eigenvalue weighted by Gasteiger charge is 2.29. The summed E-state index contributed by atoms with van der Waals surface area (Å²) in [6.45, 7) is 0.828. The maximum atomic E-state index is 13.3. The molecule has 2 aliphatic carbocycles. The first kappa shape index (κ1) is 19.4. The minimum atomic E-state index is -3.14. The second-order valence-electron chi connectivity index (χ2n) is 8.13. The zero-order valence-corrected chi connectivity index (χ0v) is 17.8. The van der Waals surface area contributed by atoms with Crippen molar-refractivity contribution in [3.8, 4) is 5.88 Å². The Labute approximate surface area is 176 Å². The number of anilines is 1. The molecule has 1 aromatic carbocycles. The van der Waals surface area contributed by atoms with Crippen LogP contribution in [0.2, 0.25) is 0 Å². The smallest absolute Gasteiger partial charge is 0.330 e. The van der Waals surface area contributed by atoms with Crippen molar-refractivity contribution >= 4 is 27.3 Å². The Morgan fingerprint density at radius 3 is 2.63 bits per heavy atom. The Kier molecular flexibility index (Phi) is 4.74. The van der Waals surface area contributed by atoms with Gasteiger partial charge in [-0.15, -0.1) is 0 Å².